The summed E-state index contributed by atoms with van der Waals surface area (Å²) in [7, 11) is 1.76. The van der Waals surface area contributed by atoms with Crippen molar-refractivity contribution < 1.29 is 4.74 Å². The maximum absolute atomic E-state index is 5.44. The highest BCUT2D eigenvalue weighted by atomic mass is 32.1. The molecule has 1 aliphatic rings. The van der Waals surface area contributed by atoms with Crippen LogP contribution in [0.1, 0.15) is 12.8 Å². The molecule has 0 aromatic rings. The van der Waals surface area contributed by atoms with Crippen molar-refractivity contribution in [3.8, 4) is 0 Å². The normalized spacial score (nSPS) is 23.6. The third-order valence-electron chi connectivity index (χ3n) is 2.45. The van der Waals surface area contributed by atoms with Crippen LogP contribution in [0.25, 0.3) is 0 Å². The van der Waals surface area contributed by atoms with Crippen LogP contribution in [0.5, 0.6) is 0 Å². The van der Waals surface area contributed by atoms with Crippen LogP contribution in [0.2, 0.25) is 0 Å². The Labute approximate surface area is 85.2 Å². The quantitative estimate of drug-likeness (QED) is 0.664. The van der Waals surface area contributed by atoms with E-state index in [1.54, 1.807) is 7.11 Å². The van der Waals surface area contributed by atoms with Crippen molar-refractivity contribution >= 4 is 17.2 Å². The fourth-order valence-corrected chi connectivity index (χ4v) is 1.85. The zero-order valence-corrected chi connectivity index (χ0v) is 8.98. The SMILES string of the molecule is COCC1CCN(CCC(N)=S)C1. The first-order valence-corrected chi connectivity index (χ1v) is 5.12. The molecule has 1 saturated heterocycles. The van der Waals surface area contributed by atoms with Crippen LogP contribution in [0.4, 0.5) is 0 Å². The Morgan fingerprint density at radius 1 is 1.69 bits per heavy atom. The number of nitrogens with two attached hydrogens (primary N) is 1. The monoisotopic (exact) mass is 202 g/mol. The van der Waals surface area contributed by atoms with Crippen molar-refractivity contribution in [2.24, 2.45) is 11.7 Å². The minimum atomic E-state index is 0.621. The first kappa shape index (κ1) is 10.9. The largest absolute Gasteiger partial charge is 0.393 e. The van der Waals surface area contributed by atoms with Crippen molar-refractivity contribution in [1.82, 2.24) is 4.90 Å². The molecule has 1 heterocycles. The van der Waals surface area contributed by atoms with E-state index in [9.17, 15) is 0 Å². The van der Waals surface area contributed by atoms with E-state index < -0.39 is 0 Å². The minimum Gasteiger partial charge on any atom is -0.393 e. The Bertz CT molecular complexity index is 175. The molecule has 0 radical (unpaired) electrons. The standard InChI is InChI=1S/C9H18N2OS/c1-12-7-8-2-4-11(6-8)5-3-9(10)13/h8H,2-7H2,1H3,(H2,10,13). The van der Waals surface area contributed by atoms with Crippen molar-refractivity contribution in [3.63, 3.8) is 0 Å². The summed E-state index contributed by atoms with van der Waals surface area (Å²) in [4.78, 5) is 3.03. The van der Waals surface area contributed by atoms with Gasteiger partial charge in [-0.05, 0) is 18.9 Å². The van der Waals surface area contributed by atoms with Gasteiger partial charge in [-0.25, -0.2) is 0 Å². The van der Waals surface area contributed by atoms with Crippen LogP contribution in [-0.4, -0.2) is 43.2 Å². The molecular formula is C9H18N2OS. The number of hydrogen-bond donors (Lipinski definition) is 1. The first-order valence-electron chi connectivity index (χ1n) is 4.72. The maximum Gasteiger partial charge on any atom is 0.0740 e. The second-order valence-electron chi connectivity index (χ2n) is 3.63. The molecule has 0 aromatic carbocycles. The second kappa shape index (κ2) is 5.52. The molecule has 0 bridgehead atoms. The molecule has 3 nitrogen and oxygen atoms in total. The molecule has 0 saturated carbocycles. The van der Waals surface area contributed by atoms with Gasteiger partial charge >= 0.3 is 0 Å². The number of ether oxygens (including phenoxy) is 1. The third kappa shape index (κ3) is 4.02. The Kier molecular flexibility index (Phi) is 4.62. The zero-order valence-electron chi connectivity index (χ0n) is 8.16. The molecule has 76 valence electrons. The molecular weight excluding hydrogens is 184 g/mol. The van der Waals surface area contributed by atoms with Gasteiger partial charge < -0.3 is 15.4 Å². The third-order valence-corrected chi connectivity index (χ3v) is 2.65. The van der Waals surface area contributed by atoms with Gasteiger partial charge in [0.15, 0.2) is 0 Å². The van der Waals surface area contributed by atoms with Crippen molar-refractivity contribution in [2.45, 2.75) is 12.8 Å². The molecule has 1 unspecified atom stereocenters. The highest BCUT2D eigenvalue weighted by Crippen LogP contribution is 2.16. The smallest absolute Gasteiger partial charge is 0.0740 e. The molecule has 1 aliphatic heterocycles. The average Bonchev–Trinajstić information content (AvgIpc) is 2.50. The van der Waals surface area contributed by atoms with Gasteiger partial charge in [0.1, 0.15) is 0 Å². The van der Waals surface area contributed by atoms with E-state index in [0.717, 1.165) is 32.7 Å². The van der Waals surface area contributed by atoms with Crippen LogP contribution in [0.3, 0.4) is 0 Å². The summed E-state index contributed by atoms with van der Waals surface area (Å²) in [6.07, 6.45) is 2.08. The van der Waals surface area contributed by atoms with Crippen molar-refractivity contribution in [3.05, 3.63) is 0 Å². The number of hydrogen-bond acceptors (Lipinski definition) is 3. The van der Waals surface area contributed by atoms with Gasteiger partial charge in [-0.2, -0.15) is 0 Å². The molecule has 1 fully saturated rings. The summed E-state index contributed by atoms with van der Waals surface area (Å²) >= 11 is 4.84. The summed E-state index contributed by atoms with van der Waals surface area (Å²) in [5, 5.41) is 0. The maximum atomic E-state index is 5.44. The lowest BCUT2D eigenvalue weighted by Gasteiger charge is -2.14. The summed E-state index contributed by atoms with van der Waals surface area (Å²) in [5.74, 6) is 0.705. The topological polar surface area (TPSA) is 38.5 Å². The van der Waals surface area contributed by atoms with Gasteiger partial charge in [-0.1, -0.05) is 12.2 Å². The Morgan fingerprint density at radius 2 is 2.46 bits per heavy atom. The molecule has 2 N–H and O–H groups in total. The second-order valence-corrected chi connectivity index (χ2v) is 4.15. The lowest BCUT2D eigenvalue weighted by atomic mass is 10.1. The first-order chi connectivity index (χ1) is 6.22. The van der Waals surface area contributed by atoms with Gasteiger partial charge in [0.05, 0.1) is 11.6 Å². The molecule has 1 atom stereocenters. The molecule has 0 aromatic heterocycles. The highest BCUT2D eigenvalue weighted by Gasteiger charge is 2.21. The predicted octanol–water partition coefficient (Wildman–Crippen LogP) is 0.631. The lowest BCUT2D eigenvalue weighted by molar-refractivity contribution is 0.153. The predicted molar refractivity (Wildman–Crippen MR) is 57.8 cm³/mol. The van der Waals surface area contributed by atoms with E-state index in [-0.39, 0.29) is 0 Å². The molecule has 1 rings (SSSR count). The minimum absolute atomic E-state index is 0.621. The van der Waals surface area contributed by atoms with Crippen molar-refractivity contribution in [2.75, 3.05) is 33.4 Å². The summed E-state index contributed by atoms with van der Waals surface area (Å²) < 4.78 is 5.12. The fraction of sp³-hybridized carbons (Fsp3) is 0.889. The summed E-state index contributed by atoms with van der Waals surface area (Å²) in [6.45, 7) is 4.19. The van der Waals surface area contributed by atoms with Gasteiger partial charge in [0, 0.05) is 26.6 Å². The van der Waals surface area contributed by atoms with E-state index in [1.165, 1.54) is 6.42 Å². The van der Waals surface area contributed by atoms with Crippen LogP contribution < -0.4 is 5.73 Å². The van der Waals surface area contributed by atoms with Crippen LogP contribution >= 0.6 is 12.2 Å². The fourth-order valence-electron chi connectivity index (χ4n) is 1.76. The lowest BCUT2D eigenvalue weighted by Crippen LogP contribution is -2.26. The Morgan fingerprint density at radius 3 is 3.08 bits per heavy atom. The van der Waals surface area contributed by atoms with Crippen LogP contribution in [0.15, 0.2) is 0 Å². The van der Waals surface area contributed by atoms with E-state index in [1.807, 2.05) is 0 Å². The molecule has 0 spiro atoms. The number of methoxy groups -OCH3 is 1. The van der Waals surface area contributed by atoms with Gasteiger partial charge in [0.2, 0.25) is 0 Å². The number of thiocarbonyl (C=S) groups is 1. The number of nitrogens with zero attached hydrogens (tertiary/aromatic N) is 1. The number of likely N-dealkylation sites (tertiary alicyclic amines) is 1. The van der Waals surface area contributed by atoms with E-state index >= 15 is 0 Å². The molecule has 0 amide bonds. The Hall–Kier alpha value is -0.190. The zero-order chi connectivity index (χ0) is 9.68. The summed E-state index contributed by atoms with van der Waals surface area (Å²) in [5.41, 5.74) is 5.44. The van der Waals surface area contributed by atoms with Crippen molar-refractivity contribution in [1.29, 1.82) is 0 Å². The van der Waals surface area contributed by atoms with Gasteiger partial charge in [0.25, 0.3) is 0 Å². The summed E-state index contributed by atoms with van der Waals surface area (Å²) in [6, 6.07) is 0. The van der Waals surface area contributed by atoms with E-state index in [0.29, 0.717) is 10.9 Å². The van der Waals surface area contributed by atoms with E-state index in [4.69, 9.17) is 22.7 Å². The van der Waals surface area contributed by atoms with Crippen LogP contribution in [0, 0.1) is 5.92 Å². The highest BCUT2D eigenvalue weighted by molar-refractivity contribution is 7.80. The number of rotatable bonds is 5. The van der Waals surface area contributed by atoms with Gasteiger partial charge in [-0.3, -0.25) is 0 Å². The Balaban J connectivity index is 2.13. The van der Waals surface area contributed by atoms with Crippen LogP contribution in [-0.2, 0) is 4.74 Å². The van der Waals surface area contributed by atoms with Gasteiger partial charge in [-0.15, -0.1) is 0 Å². The van der Waals surface area contributed by atoms with E-state index in [2.05, 4.69) is 4.90 Å². The molecule has 4 heteroatoms. The molecule has 13 heavy (non-hydrogen) atoms. The average molecular weight is 202 g/mol. The molecule has 0 aliphatic carbocycles.